The summed E-state index contributed by atoms with van der Waals surface area (Å²) >= 11 is 0. The third-order valence-electron chi connectivity index (χ3n) is 5.46. The fourth-order valence-electron chi connectivity index (χ4n) is 3.90. The first-order valence-corrected chi connectivity index (χ1v) is 10.1. The second kappa shape index (κ2) is 9.01. The van der Waals surface area contributed by atoms with Gasteiger partial charge in [0.25, 0.3) is 0 Å². The maximum Gasteiger partial charge on any atom is 0.416 e. The zero-order chi connectivity index (χ0) is 21.0. The first kappa shape index (κ1) is 21.4. The van der Waals surface area contributed by atoms with Gasteiger partial charge in [-0.25, -0.2) is 9.59 Å². The molecule has 2 heterocycles. The van der Waals surface area contributed by atoms with Crippen molar-refractivity contribution in [1.29, 1.82) is 0 Å². The topological polar surface area (TPSA) is 52.6 Å². The van der Waals surface area contributed by atoms with Gasteiger partial charge in [0.2, 0.25) is 6.10 Å². The molecule has 0 unspecified atom stereocenters. The SMILES string of the molecule is CCCCCCCC[C@H]1OC(=O)[C@@H]2OC(=O)/C(=C\c3ccc(C(F)(F)F)cc3)[C@H]12. The van der Waals surface area contributed by atoms with E-state index in [1.807, 2.05) is 0 Å². The third kappa shape index (κ3) is 5.00. The predicted molar refractivity (Wildman–Crippen MR) is 101 cm³/mol. The highest BCUT2D eigenvalue weighted by molar-refractivity contribution is 6.01. The van der Waals surface area contributed by atoms with E-state index in [1.54, 1.807) is 0 Å². The van der Waals surface area contributed by atoms with Crippen LogP contribution in [0.5, 0.6) is 0 Å². The molecule has 1 aromatic rings. The Kier molecular flexibility index (Phi) is 6.65. The average Bonchev–Trinajstić information content (AvgIpc) is 3.15. The van der Waals surface area contributed by atoms with Crippen molar-refractivity contribution in [2.45, 2.75) is 70.3 Å². The molecule has 1 aromatic carbocycles. The predicted octanol–water partition coefficient (Wildman–Crippen LogP) is 5.31. The summed E-state index contributed by atoms with van der Waals surface area (Å²) in [6, 6.07) is 4.54. The molecular formula is C22H25F3O4. The van der Waals surface area contributed by atoms with Crippen LogP contribution in [0, 0.1) is 5.92 Å². The van der Waals surface area contributed by atoms with Crippen LogP contribution in [-0.4, -0.2) is 24.1 Å². The molecule has 0 aromatic heterocycles. The van der Waals surface area contributed by atoms with Crippen molar-refractivity contribution in [3.05, 3.63) is 41.0 Å². The normalized spacial score (nSPS) is 25.2. The highest BCUT2D eigenvalue weighted by atomic mass is 19.4. The Morgan fingerprint density at radius 1 is 0.966 bits per heavy atom. The largest absolute Gasteiger partial charge is 0.459 e. The minimum absolute atomic E-state index is 0.289. The first-order valence-electron chi connectivity index (χ1n) is 10.1. The van der Waals surface area contributed by atoms with Crippen LogP contribution in [-0.2, 0) is 25.2 Å². The van der Waals surface area contributed by atoms with Gasteiger partial charge in [0.05, 0.1) is 11.5 Å². The fraction of sp³-hybridized carbons (Fsp3) is 0.545. The van der Waals surface area contributed by atoms with Gasteiger partial charge in [-0.3, -0.25) is 0 Å². The first-order chi connectivity index (χ1) is 13.8. The van der Waals surface area contributed by atoms with Crippen molar-refractivity contribution in [2.24, 2.45) is 5.92 Å². The Balaban J connectivity index is 1.70. The van der Waals surface area contributed by atoms with Gasteiger partial charge in [0.15, 0.2) is 0 Å². The van der Waals surface area contributed by atoms with Gasteiger partial charge in [-0.1, -0.05) is 51.2 Å². The van der Waals surface area contributed by atoms with E-state index in [2.05, 4.69) is 6.92 Å². The molecule has 0 spiro atoms. The van der Waals surface area contributed by atoms with Crippen LogP contribution in [0.25, 0.3) is 6.08 Å². The Labute approximate surface area is 168 Å². The van der Waals surface area contributed by atoms with E-state index in [1.165, 1.54) is 37.5 Å². The van der Waals surface area contributed by atoms with Crippen LogP contribution >= 0.6 is 0 Å². The molecule has 0 aliphatic carbocycles. The van der Waals surface area contributed by atoms with Gasteiger partial charge in [-0.15, -0.1) is 0 Å². The average molecular weight is 410 g/mol. The minimum Gasteiger partial charge on any atom is -0.459 e. The number of esters is 2. The van der Waals surface area contributed by atoms with Crippen molar-refractivity contribution in [2.75, 3.05) is 0 Å². The molecule has 0 bridgehead atoms. The van der Waals surface area contributed by atoms with E-state index in [4.69, 9.17) is 9.47 Å². The lowest BCUT2D eigenvalue weighted by atomic mass is 9.88. The number of benzene rings is 1. The van der Waals surface area contributed by atoms with Crippen LogP contribution in [0.15, 0.2) is 29.8 Å². The van der Waals surface area contributed by atoms with Gasteiger partial charge < -0.3 is 9.47 Å². The smallest absolute Gasteiger partial charge is 0.416 e. The molecule has 7 heteroatoms. The molecule has 0 N–H and O–H groups in total. The standard InChI is InChI=1S/C22H25F3O4/c1-2-3-4-5-6-7-8-17-18-16(20(26)29-19(18)21(27)28-17)13-14-9-11-15(12-10-14)22(23,24)25/h9-13,17-19H,2-8H2,1H3/b16-13-/t17-,18-,19-/m1/s1. The summed E-state index contributed by atoms with van der Waals surface area (Å²) in [7, 11) is 0. The number of hydrogen-bond acceptors (Lipinski definition) is 4. The maximum atomic E-state index is 12.7. The van der Waals surface area contributed by atoms with Gasteiger partial charge in [0, 0.05) is 5.57 Å². The Morgan fingerprint density at radius 3 is 2.28 bits per heavy atom. The number of cyclic esters (lactones) is 1. The zero-order valence-electron chi connectivity index (χ0n) is 16.3. The summed E-state index contributed by atoms with van der Waals surface area (Å²) in [6.07, 6.45) is 2.90. The Bertz CT molecular complexity index is 767. The van der Waals surface area contributed by atoms with Crippen molar-refractivity contribution >= 4 is 18.0 Å². The molecule has 3 atom stereocenters. The van der Waals surface area contributed by atoms with Crippen LogP contribution in [0.2, 0.25) is 0 Å². The van der Waals surface area contributed by atoms with Gasteiger partial charge in [-0.2, -0.15) is 13.2 Å². The van der Waals surface area contributed by atoms with Crippen molar-refractivity contribution in [3.63, 3.8) is 0 Å². The Morgan fingerprint density at radius 2 is 1.62 bits per heavy atom. The number of unbranched alkanes of at least 4 members (excludes halogenated alkanes) is 5. The molecule has 29 heavy (non-hydrogen) atoms. The molecule has 158 valence electrons. The molecule has 3 rings (SSSR count). The lowest BCUT2D eigenvalue weighted by Crippen LogP contribution is -2.22. The van der Waals surface area contributed by atoms with E-state index in [0.717, 1.165) is 31.4 Å². The van der Waals surface area contributed by atoms with Gasteiger partial charge in [-0.05, 0) is 36.6 Å². The molecule has 2 aliphatic rings. The number of carbonyl (C=O) groups is 2. The summed E-state index contributed by atoms with van der Waals surface area (Å²) in [5.41, 5.74) is -0.0216. The second-order valence-corrected chi connectivity index (χ2v) is 7.60. The number of hydrogen-bond donors (Lipinski definition) is 0. The highest BCUT2D eigenvalue weighted by Gasteiger charge is 2.55. The fourth-order valence-corrected chi connectivity index (χ4v) is 3.90. The van der Waals surface area contributed by atoms with Crippen LogP contribution < -0.4 is 0 Å². The number of fused-ring (bicyclic) bond motifs is 1. The molecule has 0 saturated carbocycles. The van der Waals surface area contributed by atoms with Crippen LogP contribution in [0.3, 0.4) is 0 Å². The van der Waals surface area contributed by atoms with E-state index in [-0.39, 0.29) is 5.57 Å². The van der Waals surface area contributed by atoms with E-state index < -0.39 is 41.8 Å². The zero-order valence-corrected chi connectivity index (χ0v) is 16.3. The maximum absolute atomic E-state index is 12.7. The monoisotopic (exact) mass is 410 g/mol. The molecule has 0 amide bonds. The molecule has 2 saturated heterocycles. The third-order valence-corrected chi connectivity index (χ3v) is 5.46. The number of ether oxygens (including phenoxy) is 2. The van der Waals surface area contributed by atoms with Gasteiger partial charge in [0.1, 0.15) is 6.10 Å². The van der Waals surface area contributed by atoms with Gasteiger partial charge >= 0.3 is 18.1 Å². The van der Waals surface area contributed by atoms with Crippen molar-refractivity contribution in [1.82, 2.24) is 0 Å². The van der Waals surface area contributed by atoms with Crippen LogP contribution in [0.1, 0.15) is 63.0 Å². The van der Waals surface area contributed by atoms with Crippen LogP contribution in [0.4, 0.5) is 13.2 Å². The van der Waals surface area contributed by atoms with Crippen molar-refractivity contribution in [3.8, 4) is 0 Å². The summed E-state index contributed by atoms with van der Waals surface area (Å²) in [4.78, 5) is 24.4. The van der Waals surface area contributed by atoms with E-state index in [0.29, 0.717) is 12.0 Å². The molecule has 0 radical (unpaired) electrons. The highest BCUT2D eigenvalue weighted by Crippen LogP contribution is 2.41. The second-order valence-electron chi connectivity index (χ2n) is 7.60. The number of halogens is 3. The molecular weight excluding hydrogens is 385 g/mol. The van der Waals surface area contributed by atoms with Crippen molar-refractivity contribution < 1.29 is 32.2 Å². The number of rotatable bonds is 8. The molecule has 4 nitrogen and oxygen atoms in total. The number of carbonyl (C=O) groups excluding carboxylic acids is 2. The molecule has 2 fully saturated rings. The number of alkyl halides is 3. The quantitative estimate of drug-likeness (QED) is 0.331. The lowest BCUT2D eigenvalue weighted by molar-refractivity contribution is -0.156. The van der Waals surface area contributed by atoms with E-state index in [9.17, 15) is 22.8 Å². The molecule has 2 aliphatic heterocycles. The Hall–Kier alpha value is -2.31. The van der Waals surface area contributed by atoms with E-state index >= 15 is 0 Å². The lowest BCUT2D eigenvalue weighted by Gasteiger charge is -2.15. The summed E-state index contributed by atoms with van der Waals surface area (Å²) in [5, 5.41) is 0. The minimum atomic E-state index is -4.42. The summed E-state index contributed by atoms with van der Waals surface area (Å²) < 4.78 is 48.8. The summed E-state index contributed by atoms with van der Waals surface area (Å²) in [5.74, 6) is -1.66. The summed E-state index contributed by atoms with van der Waals surface area (Å²) in [6.45, 7) is 2.15.